The minimum atomic E-state index is -9.66. The van der Waals surface area contributed by atoms with Crippen molar-refractivity contribution in [3.63, 3.8) is 0 Å². The molecule has 0 aliphatic carbocycles. The summed E-state index contributed by atoms with van der Waals surface area (Å²) < 4.78 is 361. The van der Waals surface area contributed by atoms with Crippen molar-refractivity contribution in [1.29, 1.82) is 0 Å². The lowest BCUT2D eigenvalue weighted by Crippen LogP contribution is -2.78. The summed E-state index contributed by atoms with van der Waals surface area (Å²) in [4.78, 5) is 0. The van der Waals surface area contributed by atoms with Crippen molar-refractivity contribution < 1.29 is 118 Å². The number of halogens is 25. The minimum absolute atomic E-state index is 0.0397. The lowest BCUT2D eigenvalue weighted by atomic mass is 9.84. The first-order valence-electron chi connectivity index (χ1n) is 11.4. The van der Waals surface area contributed by atoms with Gasteiger partial charge in [-0.05, 0) is 20.0 Å². The van der Waals surface area contributed by atoms with Gasteiger partial charge < -0.3 is 5.32 Å². The fourth-order valence-corrected chi connectivity index (χ4v) is 4.09. The van der Waals surface area contributed by atoms with Crippen LogP contribution in [-0.2, 0) is 10.0 Å². The van der Waals surface area contributed by atoms with Gasteiger partial charge in [0.2, 0.25) is 10.0 Å². The summed E-state index contributed by atoms with van der Waals surface area (Å²) in [7, 11) is -4.03. The predicted octanol–water partition coefficient (Wildman–Crippen LogP) is 7.46. The van der Waals surface area contributed by atoms with Crippen LogP contribution in [0.4, 0.5) is 110 Å². The van der Waals surface area contributed by atoms with E-state index in [0.29, 0.717) is 0 Å². The lowest BCUT2D eigenvalue weighted by molar-refractivity contribution is -0.482. The van der Waals surface area contributed by atoms with E-state index in [-0.39, 0.29) is 13.0 Å². The summed E-state index contributed by atoms with van der Waals surface area (Å²) in [5, 5.41) is 2.37. The van der Waals surface area contributed by atoms with Crippen LogP contribution in [0.3, 0.4) is 0 Å². The first-order chi connectivity index (χ1) is 20.5. The molecule has 0 unspecified atom stereocenters. The molecule has 2 N–H and O–H groups in total. The van der Waals surface area contributed by atoms with E-state index in [1.807, 2.05) is 0 Å². The Labute approximate surface area is 249 Å². The third-order valence-electron chi connectivity index (χ3n) is 5.97. The quantitative estimate of drug-likeness (QED) is 0.112. The number of nitrogens with one attached hydrogen (secondary N) is 2. The van der Waals surface area contributed by atoms with Gasteiger partial charge in [0, 0.05) is 13.0 Å². The number of rotatable bonds is 18. The average molecular weight is 798 g/mol. The highest BCUT2D eigenvalue weighted by Crippen LogP contribution is 2.67. The van der Waals surface area contributed by atoms with Gasteiger partial charge in [-0.1, -0.05) is 0 Å². The van der Waals surface area contributed by atoms with Gasteiger partial charge in [0.15, 0.2) is 0 Å². The van der Waals surface area contributed by atoms with Crippen LogP contribution in [0, 0.1) is 0 Å². The van der Waals surface area contributed by atoms with Gasteiger partial charge in [0.05, 0.1) is 5.75 Å². The molecule has 0 saturated carbocycles. The average Bonchev–Trinajstić information content (AvgIpc) is 2.88. The summed E-state index contributed by atoms with van der Waals surface area (Å²) in [6.45, 7) is -0.777. The normalized spacial score (nSPS) is 16.5. The molecular formula is C18H15F25N2O2S. The molecule has 0 bridgehead atoms. The molecule has 30 heteroatoms. The van der Waals surface area contributed by atoms with E-state index in [0.717, 1.165) is 0 Å². The molecule has 0 aliphatic rings. The maximum absolute atomic E-state index is 13.9. The van der Waals surface area contributed by atoms with Gasteiger partial charge in [-0.3, -0.25) is 0 Å². The number of hydrogen-bond donors (Lipinski definition) is 2. The third-order valence-corrected chi connectivity index (χ3v) is 7.36. The maximum Gasteiger partial charge on any atom is 0.460 e. The van der Waals surface area contributed by atoms with Crippen LogP contribution in [0.25, 0.3) is 0 Å². The summed E-state index contributed by atoms with van der Waals surface area (Å²) in [5.74, 6) is -102. The van der Waals surface area contributed by atoms with Gasteiger partial charge in [-0.2, -0.15) is 110 Å². The van der Waals surface area contributed by atoms with E-state index in [2.05, 4.69) is 5.32 Å². The zero-order valence-electron chi connectivity index (χ0n) is 22.2. The highest BCUT2D eigenvalue weighted by molar-refractivity contribution is 7.89. The molecule has 0 heterocycles. The molecule has 0 radical (unpaired) electrons. The Balaban J connectivity index is 7.00. The fraction of sp³-hybridized carbons (Fsp3) is 1.00. The zero-order valence-corrected chi connectivity index (χ0v) is 23.0. The molecule has 0 atom stereocenters. The van der Waals surface area contributed by atoms with Crippen LogP contribution in [-0.4, -0.2) is 106 Å². The standard InChI is InChI=1S/C18H15F25N2O2S/c1-44-4-2-5-45-48(46,47)6-3-7(19,20)8(21,22)9(23,24)10(25,26)11(27,28)12(29,30)13(31,32)14(33,34)15(35,36)16(37,38)17(39,40)18(41,42)43/h44-45H,2-6H2,1H3. The summed E-state index contributed by atoms with van der Waals surface area (Å²) >= 11 is 0. The third kappa shape index (κ3) is 6.64. The highest BCUT2D eigenvalue weighted by atomic mass is 32.2. The molecule has 0 saturated heterocycles. The van der Waals surface area contributed by atoms with Crippen molar-refractivity contribution in [2.75, 3.05) is 25.9 Å². The Morgan fingerprint density at radius 3 is 0.958 bits per heavy atom. The first-order valence-corrected chi connectivity index (χ1v) is 13.0. The van der Waals surface area contributed by atoms with Crippen LogP contribution in [0.5, 0.6) is 0 Å². The second-order valence-corrected chi connectivity index (χ2v) is 11.3. The van der Waals surface area contributed by atoms with Gasteiger partial charge >= 0.3 is 71.3 Å². The van der Waals surface area contributed by atoms with Crippen LogP contribution in [0.1, 0.15) is 12.8 Å². The van der Waals surface area contributed by atoms with Crippen LogP contribution in [0.15, 0.2) is 0 Å². The predicted molar refractivity (Wildman–Crippen MR) is 105 cm³/mol. The molecule has 0 rings (SSSR count). The summed E-state index contributed by atoms with van der Waals surface area (Å²) in [5.41, 5.74) is 0. The highest BCUT2D eigenvalue weighted by Gasteiger charge is 2.99. The molecule has 0 amide bonds. The van der Waals surface area contributed by atoms with Crippen molar-refractivity contribution >= 4 is 10.0 Å². The molecule has 0 aromatic rings. The van der Waals surface area contributed by atoms with Crippen LogP contribution in [0.2, 0.25) is 0 Å². The van der Waals surface area contributed by atoms with E-state index in [4.69, 9.17) is 0 Å². The first kappa shape index (κ1) is 46.1. The van der Waals surface area contributed by atoms with E-state index in [9.17, 15) is 118 Å². The Morgan fingerprint density at radius 2 is 0.688 bits per heavy atom. The number of sulfonamides is 1. The molecule has 4 nitrogen and oxygen atoms in total. The topological polar surface area (TPSA) is 58.2 Å². The molecule has 48 heavy (non-hydrogen) atoms. The molecule has 0 aromatic carbocycles. The van der Waals surface area contributed by atoms with E-state index >= 15 is 0 Å². The Kier molecular flexibility index (Phi) is 12.2. The van der Waals surface area contributed by atoms with Crippen molar-refractivity contribution in [1.82, 2.24) is 10.0 Å². The molecule has 0 spiro atoms. The smallest absolute Gasteiger partial charge is 0.320 e. The van der Waals surface area contributed by atoms with E-state index in [1.165, 1.54) is 11.8 Å². The second kappa shape index (κ2) is 12.7. The van der Waals surface area contributed by atoms with Crippen molar-refractivity contribution in [2.45, 2.75) is 84.2 Å². The number of hydrogen-bond acceptors (Lipinski definition) is 3. The van der Waals surface area contributed by atoms with Crippen molar-refractivity contribution in [2.24, 2.45) is 0 Å². The fourth-order valence-electron chi connectivity index (χ4n) is 2.97. The van der Waals surface area contributed by atoms with Gasteiger partial charge in [-0.25, -0.2) is 13.1 Å². The van der Waals surface area contributed by atoms with Crippen molar-refractivity contribution in [3.8, 4) is 0 Å². The summed E-state index contributed by atoms with van der Waals surface area (Å²) in [6, 6.07) is 0. The zero-order chi connectivity index (χ0) is 39.4. The van der Waals surface area contributed by atoms with Gasteiger partial charge in [0.1, 0.15) is 0 Å². The molecule has 0 fully saturated rings. The summed E-state index contributed by atoms with van der Waals surface area (Å²) in [6.07, 6.45) is -11.8. The molecular weight excluding hydrogens is 783 g/mol. The van der Waals surface area contributed by atoms with Gasteiger partial charge in [0.25, 0.3) is 0 Å². The van der Waals surface area contributed by atoms with Crippen molar-refractivity contribution in [3.05, 3.63) is 0 Å². The molecule has 0 aromatic heterocycles. The Morgan fingerprint density at radius 1 is 0.417 bits per heavy atom. The van der Waals surface area contributed by atoms with E-state index < -0.39 is 100 Å². The Hall–Kier alpha value is -1.88. The Bertz CT molecular complexity index is 1230. The van der Waals surface area contributed by atoms with Gasteiger partial charge in [-0.15, -0.1) is 0 Å². The maximum atomic E-state index is 13.9. The SMILES string of the molecule is CNCCCNS(=O)(=O)CCC(F)(F)C(F)(F)C(F)(F)C(F)(F)C(F)(F)C(F)(F)C(F)(F)C(F)(F)C(F)(F)C(F)(F)C(F)(F)C(F)(F)F. The van der Waals surface area contributed by atoms with Crippen LogP contribution >= 0.6 is 0 Å². The molecule has 0 aliphatic heterocycles. The van der Waals surface area contributed by atoms with E-state index in [1.54, 1.807) is 0 Å². The molecule has 290 valence electrons. The largest absolute Gasteiger partial charge is 0.460 e. The van der Waals surface area contributed by atoms with Crippen LogP contribution < -0.4 is 10.0 Å². The second-order valence-electron chi connectivity index (χ2n) is 9.37. The monoisotopic (exact) mass is 798 g/mol. The lowest BCUT2D eigenvalue weighted by Gasteiger charge is -2.45. The minimum Gasteiger partial charge on any atom is -0.320 e. The number of alkyl halides is 25.